The average molecular weight is 488 g/mol. The number of hydrogen-bond acceptors (Lipinski definition) is 6. The molecule has 4 aliphatic rings. The van der Waals surface area contributed by atoms with E-state index in [-0.39, 0.29) is 5.02 Å². The average Bonchev–Trinajstić information content (AvgIpc) is 2.78. The molecule has 2 N–H and O–H groups in total. The molecular formula is C25H30ClN3O5. The first-order valence-corrected chi connectivity index (χ1v) is 12.4. The lowest BCUT2D eigenvalue weighted by Crippen LogP contribution is -2.61. The Bertz CT molecular complexity index is 1170. The number of nitrogens with one attached hydrogen (secondary N) is 1. The van der Waals surface area contributed by atoms with Gasteiger partial charge in [-0.15, -0.1) is 0 Å². The highest BCUT2D eigenvalue weighted by Crippen LogP contribution is 2.64. The smallest absolute Gasteiger partial charge is 0.309 e. The van der Waals surface area contributed by atoms with Crippen molar-refractivity contribution in [1.82, 2.24) is 9.78 Å². The number of hydrogen-bond donors (Lipinski definition) is 2. The monoisotopic (exact) mass is 487 g/mol. The molecule has 1 aromatic carbocycles. The van der Waals surface area contributed by atoms with Crippen LogP contribution in [-0.2, 0) is 10.3 Å². The summed E-state index contributed by atoms with van der Waals surface area (Å²) in [5.41, 5.74) is -0.759. The van der Waals surface area contributed by atoms with E-state index in [1.807, 2.05) is 19.9 Å². The van der Waals surface area contributed by atoms with Gasteiger partial charge in [0.15, 0.2) is 0 Å². The molecule has 4 bridgehead atoms. The Balaban J connectivity index is 1.50. The van der Waals surface area contributed by atoms with Gasteiger partial charge in [-0.25, -0.2) is 4.68 Å². The van der Waals surface area contributed by atoms with Crippen LogP contribution < -0.4 is 20.3 Å². The number of nitrogens with zero attached hydrogens (tertiary/aromatic N) is 2. The third-order valence-electron chi connectivity index (χ3n) is 7.68. The molecule has 9 heteroatoms. The minimum atomic E-state index is -0.763. The summed E-state index contributed by atoms with van der Waals surface area (Å²) in [5.74, 6) is 1.13. The van der Waals surface area contributed by atoms with E-state index >= 15 is 0 Å². The molecular weight excluding hydrogens is 458 g/mol. The predicted octanol–water partition coefficient (Wildman–Crippen LogP) is 4.82. The van der Waals surface area contributed by atoms with Crippen LogP contribution in [0.3, 0.4) is 0 Å². The molecule has 2 atom stereocenters. The van der Waals surface area contributed by atoms with Crippen molar-refractivity contribution < 1.29 is 19.4 Å². The molecule has 182 valence electrons. The number of rotatable bonds is 8. The molecule has 4 aliphatic carbocycles. The van der Waals surface area contributed by atoms with Gasteiger partial charge < -0.3 is 19.9 Å². The Hall–Kier alpha value is -2.74. The maximum absolute atomic E-state index is 13.5. The SMILES string of the molecule is CCOc1ccc(OCC)c(Nc2cnn(C34C[C@H]5C[C@@H](CC(C(=O)O)(C5)C3)C4)c(=O)c2Cl)c1. The van der Waals surface area contributed by atoms with Crippen LogP contribution in [0.2, 0.25) is 5.02 Å². The van der Waals surface area contributed by atoms with Crippen molar-refractivity contribution in [2.75, 3.05) is 18.5 Å². The molecule has 34 heavy (non-hydrogen) atoms. The Morgan fingerprint density at radius 3 is 2.53 bits per heavy atom. The lowest BCUT2D eigenvalue weighted by Gasteiger charge is -2.60. The third kappa shape index (κ3) is 3.72. The van der Waals surface area contributed by atoms with Crippen molar-refractivity contribution in [2.45, 2.75) is 57.9 Å². The fourth-order valence-corrected chi connectivity index (χ4v) is 7.04. The highest BCUT2D eigenvalue weighted by Gasteiger charge is 2.62. The highest BCUT2D eigenvalue weighted by molar-refractivity contribution is 6.33. The number of carboxylic acids is 1. The van der Waals surface area contributed by atoms with Gasteiger partial charge in [0.25, 0.3) is 5.56 Å². The number of aromatic nitrogens is 2. The van der Waals surface area contributed by atoms with Crippen LogP contribution >= 0.6 is 11.6 Å². The summed E-state index contributed by atoms with van der Waals surface area (Å²) < 4.78 is 12.8. The van der Waals surface area contributed by atoms with Crippen molar-refractivity contribution in [2.24, 2.45) is 17.3 Å². The molecule has 6 rings (SSSR count). The molecule has 0 saturated heterocycles. The van der Waals surface area contributed by atoms with Crippen molar-refractivity contribution in [3.05, 3.63) is 39.8 Å². The number of aliphatic carboxylic acids is 1. The fraction of sp³-hybridized carbons (Fsp3) is 0.560. The molecule has 8 nitrogen and oxygen atoms in total. The Kier molecular flexibility index (Phi) is 5.74. The summed E-state index contributed by atoms with van der Waals surface area (Å²) in [6, 6.07) is 5.43. The van der Waals surface area contributed by atoms with Gasteiger partial charge >= 0.3 is 5.97 Å². The largest absolute Gasteiger partial charge is 0.494 e. The van der Waals surface area contributed by atoms with E-state index in [0.717, 1.165) is 19.3 Å². The van der Waals surface area contributed by atoms with Gasteiger partial charge in [-0.1, -0.05) is 11.6 Å². The van der Waals surface area contributed by atoms with Gasteiger partial charge in [0.05, 0.1) is 41.7 Å². The quantitative estimate of drug-likeness (QED) is 0.550. The number of ether oxygens (including phenoxy) is 2. The number of benzene rings is 1. The summed E-state index contributed by atoms with van der Waals surface area (Å²) in [6.45, 7) is 4.80. The van der Waals surface area contributed by atoms with Crippen molar-refractivity contribution in [1.29, 1.82) is 0 Å². The van der Waals surface area contributed by atoms with Gasteiger partial charge in [0.2, 0.25) is 0 Å². The maximum Gasteiger partial charge on any atom is 0.309 e. The highest BCUT2D eigenvalue weighted by atomic mass is 35.5. The second-order valence-electron chi connectivity index (χ2n) is 10.0. The third-order valence-corrected chi connectivity index (χ3v) is 8.05. The first-order chi connectivity index (χ1) is 16.3. The number of carbonyl (C=O) groups is 1. The van der Waals surface area contributed by atoms with Crippen LogP contribution in [0.15, 0.2) is 29.2 Å². The van der Waals surface area contributed by atoms with Crippen LogP contribution in [0.1, 0.15) is 52.4 Å². The summed E-state index contributed by atoms with van der Waals surface area (Å²) >= 11 is 6.59. The Labute approximate surface area is 203 Å². The fourth-order valence-electron chi connectivity index (χ4n) is 6.86. The van der Waals surface area contributed by atoms with Crippen molar-refractivity contribution >= 4 is 28.9 Å². The van der Waals surface area contributed by atoms with Gasteiger partial charge in [0, 0.05) is 6.07 Å². The molecule has 0 spiro atoms. The van der Waals surface area contributed by atoms with Crippen LogP contribution in [0.5, 0.6) is 11.5 Å². The predicted molar refractivity (Wildman–Crippen MR) is 128 cm³/mol. The zero-order valence-corrected chi connectivity index (χ0v) is 20.2. The molecule has 0 amide bonds. The van der Waals surface area contributed by atoms with E-state index in [2.05, 4.69) is 10.4 Å². The van der Waals surface area contributed by atoms with Crippen LogP contribution in [0.4, 0.5) is 11.4 Å². The topological polar surface area (TPSA) is 103 Å². The second-order valence-corrected chi connectivity index (χ2v) is 10.4. The zero-order valence-electron chi connectivity index (χ0n) is 19.5. The molecule has 0 aliphatic heterocycles. The van der Waals surface area contributed by atoms with Crippen molar-refractivity contribution in [3.63, 3.8) is 0 Å². The lowest BCUT2D eigenvalue weighted by atomic mass is 9.47. The van der Waals surface area contributed by atoms with Crippen LogP contribution in [0, 0.1) is 17.3 Å². The molecule has 0 radical (unpaired) electrons. The van der Waals surface area contributed by atoms with E-state index in [0.29, 0.717) is 67.2 Å². The standard InChI is InChI=1S/C25H30ClN3O5/c1-3-33-17-5-6-20(34-4-2)18(8-17)28-19-13-27-29(22(30)21(19)26)25-11-15-7-16(12-25)10-24(9-15,14-25)23(31)32/h5-6,8,13,15-16,28H,3-4,7,9-12,14H2,1-2H3,(H,31,32)/t15-,16-,24?,25?/m0/s1. The summed E-state index contributed by atoms with van der Waals surface area (Å²) in [5, 5.41) is 17.8. The summed E-state index contributed by atoms with van der Waals surface area (Å²) in [7, 11) is 0. The van der Waals surface area contributed by atoms with E-state index in [1.54, 1.807) is 18.3 Å². The second kappa shape index (κ2) is 8.48. The molecule has 0 unspecified atom stereocenters. The van der Waals surface area contributed by atoms with E-state index in [4.69, 9.17) is 21.1 Å². The Morgan fingerprint density at radius 2 is 1.88 bits per heavy atom. The first kappa shape index (κ1) is 23.0. The van der Waals surface area contributed by atoms with Crippen LogP contribution in [-0.4, -0.2) is 34.1 Å². The van der Waals surface area contributed by atoms with Crippen LogP contribution in [0.25, 0.3) is 0 Å². The van der Waals surface area contributed by atoms with Gasteiger partial charge in [-0.3, -0.25) is 9.59 Å². The molecule has 1 aromatic heterocycles. The van der Waals surface area contributed by atoms with Crippen molar-refractivity contribution in [3.8, 4) is 11.5 Å². The van der Waals surface area contributed by atoms with E-state index in [9.17, 15) is 14.7 Å². The Morgan fingerprint density at radius 1 is 1.18 bits per heavy atom. The maximum atomic E-state index is 13.5. The van der Waals surface area contributed by atoms with Gasteiger partial charge in [-0.05, 0) is 76.3 Å². The minimum Gasteiger partial charge on any atom is -0.494 e. The number of anilines is 2. The minimum absolute atomic E-state index is 0.0272. The number of carboxylic acid groups (broad SMARTS) is 1. The summed E-state index contributed by atoms with van der Waals surface area (Å²) in [4.78, 5) is 25.7. The van der Waals surface area contributed by atoms with Gasteiger partial charge in [-0.2, -0.15) is 5.10 Å². The summed E-state index contributed by atoms with van der Waals surface area (Å²) in [6.07, 6.45) is 5.97. The lowest BCUT2D eigenvalue weighted by molar-refractivity contribution is -0.173. The van der Waals surface area contributed by atoms with Gasteiger partial charge in [0.1, 0.15) is 16.5 Å². The molecule has 1 heterocycles. The van der Waals surface area contributed by atoms with E-state index in [1.165, 1.54) is 4.68 Å². The van der Waals surface area contributed by atoms with E-state index < -0.39 is 22.5 Å². The molecule has 4 fully saturated rings. The first-order valence-electron chi connectivity index (χ1n) is 12.0. The molecule has 2 aromatic rings. The number of halogens is 1. The normalized spacial score (nSPS) is 29.1. The zero-order chi connectivity index (χ0) is 24.1. The molecule has 4 saturated carbocycles.